The molecule has 1 aliphatic rings. The second kappa shape index (κ2) is 11.4. The van der Waals surface area contributed by atoms with E-state index in [2.05, 4.69) is 9.88 Å². The van der Waals surface area contributed by atoms with E-state index in [0.717, 1.165) is 27.9 Å². The highest BCUT2D eigenvalue weighted by Gasteiger charge is 2.27. The Balaban J connectivity index is 1.49. The van der Waals surface area contributed by atoms with Crippen LogP contribution in [0.25, 0.3) is 22.2 Å². The summed E-state index contributed by atoms with van der Waals surface area (Å²) in [6.07, 6.45) is 0.440. The van der Waals surface area contributed by atoms with E-state index in [1.165, 1.54) is 0 Å². The third-order valence-electron chi connectivity index (χ3n) is 6.39. The zero-order chi connectivity index (χ0) is 25.8. The van der Waals surface area contributed by atoms with E-state index in [1.54, 1.807) is 11.0 Å². The lowest BCUT2D eigenvalue weighted by Crippen LogP contribution is -2.41. The molecule has 2 unspecified atom stereocenters. The molecule has 1 aliphatic heterocycles. The number of morpholine rings is 1. The number of carbonyl (C=O) groups is 1. The largest absolute Gasteiger partial charge is 0.598 e. The van der Waals surface area contributed by atoms with Gasteiger partial charge in [0, 0.05) is 47.5 Å². The van der Waals surface area contributed by atoms with Crippen molar-refractivity contribution in [1.82, 2.24) is 19.8 Å². The molecule has 8 nitrogen and oxygen atoms in total. The summed E-state index contributed by atoms with van der Waals surface area (Å²) in [7, 11) is 0. The van der Waals surface area contributed by atoms with E-state index in [9.17, 15) is 9.35 Å². The molecule has 1 amide bonds. The van der Waals surface area contributed by atoms with Crippen LogP contribution < -0.4 is 4.72 Å². The van der Waals surface area contributed by atoms with Gasteiger partial charge in [-0.25, -0.2) is 4.98 Å². The van der Waals surface area contributed by atoms with Crippen LogP contribution in [-0.2, 0) is 22.5 Å². The average Bonchev–Trinajstić information content (AvgIpc) is 3.37. The smallest absolute Gasteiger partial charge is 0.272 e. The van der Waals surface area contributed by atoms with Crippen LogP contribution in [0.3, 0.4) is 0 Å². The molecule has 0 radical (unpaired) electrons. The van der Waals surface area contributed by atoms with Crippen LogP contribution in [0.15, 0.2) is 71.3 Å². The number of benzene rings is 2. The molecule has 5 rings (SSSR count). The molecule has 1 N–H and O–H groups in total. The molecule has 1 saturated heterocycles. The van der Waals surface area contributed by atoms with Gasteiger partial charge in [0.15, 0.2) is 5.58 Å². The summed E-state index contributed by atoms with van der Waals surface area (Å²) in [6.45, 7) is 6.01. The van der Waals surface area contributed by atoms with E-state index in [0.29, 0.717) is 44.0 Å². The van der Waals surface area contributed by atoms with Crippen molar-refractivity contribution in [2.24, 2.45) is 0 Å². The number of nitrogens with one attached hydrogen (secondary N) is 1. The molecule has 4 aromatic rings. The summed E-state index contributed by atoms with van der Waals surface area (Å²) in [6, 6.07) is 20.8. The molecule has 2 aromatic heterocycles. The van der Waals surface area contributed by atoms with Crippen molar-refractivity contribution in [1.29, 1.82) is 0 Å². The number of pyridine rings is 1. The van der Waals surface area contributed by atoms with E-state index < -0.39 is 11.4 Å². The molecule has 0 bridgehead atoms. The minimum atomic E-state index is -1.29. The van der Waals surface area contributed by atoms with Gasteiger partial charge in [0.1, 0.15) is 16.6 Å². The van der Waals surface area contributed by atoms with Gasteiger partial charge >= 0.3 is 0 Å². The quantitative estimate of drug-likeness (QED) is 0.347. The molecule has 1 fully saturated rings. The van der Waals surface area contributed by atoms with Crippen LogP contribution in [0.1, 0.15) is 41.6 Å². The second-order valence-electron chi connectivity index (χ2n) is 9.25. The maximum Gasteiger partial charge on any atom is 0.272 e. The van der Waals surface area contributed by atoms with Crippen molar-refractivity contribution in [3.63, 3.8) is 0 Å². The van der Waals surface area contributed by atoms with Gasteiger partial charge in [-0.2, -0.15) is 0 Å². The fourth-order valence-electron chi connectivity index (χ4n) is 4.44. The normalized spacial score (nSPS) is 15.7. The number of fused-ring (bicyclic) bond motifs is 1. The first-order chi connectivity index (χ1) is 18.0. The van der Waals surface area contributed by atoms with Gasteiger partial charge < -0.3 is 18.7 Å². The molecule has 0 aliphatic carbocycles. The first-order valence-electron chi connectivity index (χ1n) is 12.4. The monoisotopic (exact) mass is 518 g/mol. The van der Waals surface area contributed by atoms with Crippen molar-refractivity contribution >= 4 is 28.2 Å². The number of rotatable bonds is 8. The van der Waals surface area contributed by atoms with Crippen molar-refractivity contribution in [2.75, 3.05) is 26.3 Å². The second-order valence-corrected chi connectivity index (χ2v) is 11.0. The predicted octanol–water partition coefficient (Wildman–Crippen LogP) is 4.31. The fraction of sp³-hybridized carbons (Fsp3) is 0.321. The highest BCUT2D eigenvalue weighted by atomic mass is 32.2. The van der Waals surface area contributed by atoms with Crippen LogP contribution in [-0.4, -0.2) is 57.1 Å². The number of hydrogen-bond acceptors (Lipinski definition) is 7. The predicted molar refractivity (Wildman–Crippen MR) is 143 cm³/mol. The molecule has 3 heterocycles. The lowest BCUT2D eigenvalue weighted by atomic mass is 9.94. The van der Waals surface area contributed by atoms with Crippen molar-refractivity contribution in [3.8, 4) is 11.3 Å². The number of nitrogens with zero attached hydrogens (tertiary/aromatic N) is 3. The maximum atomic E-state index is 13.0. The van der Waals surface area contributed by atoms with E-state index in [1.807, 2.05) is 74.5 Å². The van der Waals surface area contributed by atoms with Gasteiger partial charge in [0.05, 0.1) is 19.3 Å². The zero-order valence-corrected chi connectivity index (χ0v) is 21.7. The lowest BCUT2D eigenvalue weighted by molar-refractivity contribution is 0.0299. The third-order valence-corrected chi connectivity index (χ3v) is 7.77. The number of amides is 1. The van der Waals surface area contributed by atoms with E-state index in [4.69, 9.17) is 14.2 Å². The first-order valence-corrected chi connectivity index (χ1v) is 13.7. The topological polar surface area (TPSA) is 104 Å². The van der Waals surface area contributed by atoms with Gasteiger partial charge in [0.2, 0.25) is 0 Å². The van der Waals surface area contributed by atoms with Crippen LogP contribution in [0, 0.1) is 0 Å². The summed E-state index contributed by atoms with van der Waals surface area (Å²) < 4.78 is 27.2. The summed E-state index contributed by atoms with van der Waals surface area (Å²) in [5.74, 6) is -0.102. The number of carbonyl (C=O) groups excluding carboxylic acids is 1. The highest BCUT2D eigenvalue weighted by Crippen LogP contribution is 2.34. The minimum absolute atomic E-state index is 0.0789. The fourth-order valence-corrected chi connectivity index (χ4v) is 5.20. The third kappa shape index (κ3) is 5.70. The number of aromatic nitrogens is 2. The Hall–Kier alpha value is -3.24. The summed E-state index contributed by atoms with van der Waals surface area (Å²) in [5.41, 5.74) is 4.40. The Bertz CT molecular complexity index is 1370. The van der Waals surface area contributed by atoms with Crippen LogP contribution in [0.5, 0.6) is 0 Å². The van der Waals surface area contributed by atoms with Crippen LogP contribution >= 0.6 is 0 Å². The van der Waals surface area contributed by atoms with E-state index in [-0.39, 0.29) is 17.2 Å². The zero-order valence-electron chi connectivity index (χ0n) is 20.9. The first kappa shape index (κ1) is 25.4. The molecule has 9 heteroatoms. The Morgan fingerprint density at radius 1 is 1.05 bits per heavy atom. The molecule has 0 saturated carbocycles. The Morgan fingerprint density at radius 3 is 2.62 bits per heavy atom. The summed E-state index contributed by atoms with van der Waals surface area (Å²) >= 11 is -1.29. The molecule has 2 aromatic carbocycles. The van der Waals surface area contributed by atoms with Crippen molar-refractivity contribution in [2.45, 2.75) is 31.6 Å². The Kier molecular flexibility index (Phi) is 7.85. The number of para-hydroxylation sites is 1. The van der Waals surface area contributed by atoms with E-state index >= 15 is 0 Å². The Labute approximate surface area is 219 Å². The standard InChI is InChI=1S/C28H30N4O4S/c1-19(2)37(34)31-25(18-20-8-7-12-24(29-20)28(33)32-14-16-35-17-15-32)21-9-3-4-10-22(21)27-23-11-5-6-13-26(23)36-30-27/h3-13,19,25,31H,14-18H2,1-2H3. The molecular weight excluding hydrogens is 488 g/mol. The molecule has 192 valence electrons. The van der Waals surface area contributed by atoms with Gasteiger partial charge in [-0.15, -0.1) is 4.72 Å². The average molecular weight is 519 g/mol. The molecular formula is C28H30N4O4S. The molecule has 2 atom stereocenters. The number of ether oxygens (including phenoxy) is 1. The molecule has 37 heavy (non-hydrogen) atoms. The lowest BCUT2D eigenvalue weighted by Gasteiger charge is -2.27. The Morgan fingerprint density at radius 2 is 1.81 bits per heavy atom. The highest BCUT2D eigenvalue weighted by molar-refractivity contribution is 7.90. The number of hydrogen-bond donors (Lipinski definition) is 1. The van der Waals surface area contributed by atoms with Crippen LogP contribution in [0.2, 0.25) is 0 Å². The summed E-state index contributed by atoms with van der Waals surface area (Å²) in [5, 5.41) is 5.20. The van der Waals surface area contributed by atoms with Crippen LogP contribution in [0.4, 0.5) is 0 Å². The van der Waals surface area contributed by atoms with Gasteiger partial charge in [0.25, 0.3) is 5.91 Å². The minimum Gasteiger partial charge on any atom is -0.598 e. The summed E-state index contributed by atoms with van der Waals surface area (Å²) in [4.78, 5) is 19.5. The SMILES string of the molecule is CC(C)[S+]([O-])NC(Cc1cccc(C(=O)N2CCOCC2)n1)c1ccccc1-c1noc2ccccc12. The molecule has 0 spiro atoms. The van der Waals surface area contributed by atoms with Gasteiger partial charge in [-0.05, 0) is 43.7 Å². The van der Waals surface area contributed by atoms with Gasteiger partial charge in [-0.3, -0.25) is 4.79 Å². The maximum absolute atomic E-state index is 13.0. The van der Waals surface area contributed by atoms with Crippen molar-refractivity contribution in [3.05, 3.63) is 83.7 Å². The van der Waals surface area contributed by atoms with Gasteiger partial charge in [-0.1, -0.05) is 47.6 Å². The van der Waals surface area contributed by atoms with Crippen molar-refractivity contribution < 1.29 is 18.6 Å².